The molecule has 8 heteroatoms. The topological polar surface area (TPSA) is 78.3 Å². The van der Waals surface area contributed by atoms with Crippen LogP contribution in [0.5, 0.6) is 11.5 Å². The second-order valence-electron chi connectivity index (χ2n) is 6.65. The van der Waals surface area contributed by atoms with Gasteiger partial charge in [-0.2, -0.15) is 0 Å². The monoisotopic (exact) mass is 407 g/mol. The summed E-state index contributed by atoms with van der Waals surface area (Å²) in [6.45, 7) is 4.55. The first-order valence-corrected chi connectivity index (χ1v) is 10.7. The number of hydrogen-bond donors (Lipinski definition) is 2. The molecule has 0 bridgehead atoms. The van der Waals surface area contributed by atoms with Crippen LogP contribution in [0.4, 0.5) is 0 Å². The molecule has 1 saturated heterocycles. The maximum absolute atomic E-state index is 12.7. The van der Waals surface area contributed by atoms with Gasteiger partial charge in [-0.05, 0) is 17.7 Å². The van der Waals surface area contributed by atoms with Gasteiger partial charge >= 0.3 is 0 Å². The fraction of sp³-hybridized carbons (Fsp3) is 0.400. The van der Waals surface area contributed by atoms with Crippen molar-refractivity contribution in [3.05, 3.63) is 53.6 Å². The molecule has 0 saturated carbocycles. The Kier molecular flexibility index (Phi) is 6.90. The molecule has 0 atom stereocenters. The quantitative estimate of drug-likeness (QED) is 0.670. The molecular formula is C20H27N2O5S+. The van der Waals surface area contributed by atoms with E-state index in [4.69, 9.17) is 14.2 Å². The predicted octanol–water partition coefficient (Wildman–Crippen LogP) is 0.597. The highest BCUT2D eigenvalue weighted by molar-refractivity contribution is 7.89. The second-order valence-corrected chi connectivity index (χ2v) is 8.42. The largest absolute Gasteiger partial charge is 0.493 e. The van der Waals surface area contributed by atoms with Crippen LogP contribution >= 0.6 is 0 Å². The molecule has 2 N–H and O–H groups in total. The number of quaternary nitrogens is 1. The van der Waals surface area contributed by atoms with Gasteiger partial charge in [-0.1, -0.05) is 24.3 Å². The van der Waals surface area contributed by atoms with E-state index in [1.807, 2.05) is 18.2 Å². The van der Waals surface area contributed by atoms with Crippen LogP contribution < -0.4 is 19.1 Å². The number of morpholine rings is 1. The Morgan fingerprint density at radius 1 is 1.00 bits per heavy atom. The Balaban J connectivity index is 1.72. The van der Waals surface area contributed by atoms with Crippen molar-refractivity contribution >= 4 is 10.0 Å². The summed E-state index contributed by atoms with van der Waals surface area (Å²) < 4.78 is 44.0. The summed E-state index contributed by atoms with van der Waals surface area (Å²) in [5.41, 5.74) is 2.12. The lowest BCUT2D eigenvalue weighted by atomic mass is 10.1. The molecule has 1 heterocycles. The van der Waals surface area contributed by atoms with Gasteiger partial charge in [0.25, 0.3) is 0 Å². The lowest BCUT2D eigenvalue weighted by molar-refractivity contribution is -0.921. The van der Waals surface area contributed by atoms with E-state index in [-0.39, 0.29) is 11.4 Å². The molecule has 0 aromatic heterocycles. The van der Waals surface area contributed by atoms with E-state index in [0.717, 1.165) is 44.0 Å². The van der Waals surface area contributed by atoms with Crippen molar-refractivity contribution in [1.82, 2.24) is 4.72 Å². The summed E-state index contributed by atoms with van der Waals surface area (Å²) in [5, 5.41) is 0. The van der Waals surface area contributed by atoms with Crippen molar-refractivity contribution in [1.29, 1.82) is 0 Å². The van der Waals surface area contributed by atoms with Gasteiger partial charge in [0.1, 0.15) is 19.6 Å². The second kappa shape index (κ2) is 9.38. The summed E-state index contributed by atoms with van der Waals surface area (Å²) in [7, 11) is -0.689. The van der Waals surface area contributed by atoms with Gasteiger partial charge in [0, 0.05) is 18.2 Å². The Morgan fingerprint density at radius 3 is 2.36 bits per heavy atom. The van der Waals surface area contributed by atoms with Crippen molar-refractivity contribution in [3.8, 4) is 11.5 Å². The summed E-state index contributed by atoms with van der Waals surface area (Å²) >= 11 is 0. The molecule has 0 aliphatic carbocycles. The Morgan fingerprint density at radius 2 is 1.68 bits per heavy atom. The number of ether oxygens (including phenoxy) is 3. The van der Waals surface area contributed by atoms with Crippen LogP contribution in [0, 0.1) is 0 Å². The number of sulfonamides is 1. The van der Waals surface area contributed by atoms with Gasteiger partial charge < -0.3 is 19.1 Å². The highest BCUT2D eigenvalue weighted by atomic mass is 32.2. The van der Waals surface area contributed by atoms with Gasteiger partial charge in [-0.25, -0.2) is 13.1 Å². The predicted molar refractivity (Wildman–Crippen MR) is 105 cm³/mol. The fourth-order valence-corrected chi connectivity index (χ4v) is 4.27. The molecule has 0 spiro atoms. The molecule has 28 heavy (non-hydrogen) atoms. The Bertz CT molecular complexity index is 895. The van der Waals surface area contributed by atoms with Crippen LogP contribution in [0.2, 0.25) is 0 Å². The zero-order valence-corrected chi connectivity index (χ0v) is 17.1. The summed E-state index contributed by atoms with van der Waals surface area (Å²) in [5.74, 6) is 0.863. The minimum atomic E-state index is -3.68. The summed E-state index contributed by atoms with van der Waals surface area (Å²) in [4.78, 5) is 1.59. The SMILES string of the molecule is COc1ccc(S(=O)(=O)NCc2ccccc2C[NH+]2CCOCC2)cc1OC. The van der Waals surface area contributed by atoms with E-state index < -0.39 is 10.0 Å². The first-order chi connectivity index (χ1) is 13.5. The molecule has 0 unspecified atom stereocenters. The van der Waals surface area contributed by atoms with Gasteiger partial charge in [-0.3, -0.25) is 0 Å². The normalized spacial score (nSPS) is 15.4. The van der Waals surface area contributed by atoms with Crippen LogP contribution in [0.15, 0.2) is 47.4 Å². The molecule has 3 rings (SSSR count). The first-order valence-electron chi connectivity index (χ1n) is 9.23. The van der Waals surface area contributed by atoms with E-state index in [2.05, 4.69) is 10.8 Å². The number of hydrogen-bond acceptors (Lipinski definition) is 5. The van der Waals surface area contributed by atoms with Crippen molar-refractivity contribution < 1.29 is 27.5 Å². The molecule has 0 radical (unpaired) electrons. The van der Waals surface area contributed by atoms with Crippen LogP contribution in [0.3, 0.4) is 0 Å². The smallest absolute Gasteiger partial charge is 0.241 e. The van der Waals surface area contributed by atoms with Gasteiger partial charge in [0.15, 0.2) is 11.5 Å². The van der Waals surface area contributed by atoms with E-state index >= 15 is 0 Å². The van der Waals surface area contributed by atoms with Crippen LogP contribution in [0.1, 0.15) is 11.1 Å². The zero-order valence-electron chi connectivity index (χ0n) is 16.2. The summed E-state index contributed by atoms with van der Waals surface area (Å²) in [6.07, 6.45) is 0. The average molecular weight is 408 g/mol. The highest BCUT2D eigenvalue weighted by Crippen LogP contribution is 2.29. The van der Waals surface area contributed by atoms with Crippen molar-refractivity contribution in [3.63, 3.8) is 0 Å². The van der Waals surface area contributed by atoms with E-state index in [0.29, 0.717) is 11.5 Å². The lowest BCUT2D eigenvalue weighted by Gasteiger charge is -2.24. The van der Waals surface area contributed by atoms with Crippen molar-refractivity contribution in [2.75, 3.05) is 40.5 Å². The molecule has 1 fully saturated rings. The minimum Gasteiger partial charge on any atom is -0.493 e. The van der Waals surface area contributed by atoms with Crippen LogP contribution in [-0.2, 0) is 27.8 Å². The van der Waals surface area contributed by atoms with Crippen LogP contribution in [0.25, 0.3) is 0 Å². The average Bonchev–Trinajstić information content (AvgIpc) is 2.73. The van der Waals surface area contributed by atoms with E-state index in [1.165, 1.54) is 31.3 Å². The molecular weight excluding hydrogens is 380 g/mol. The van der Waals surface area contributed by atoms with E-state index in [9.17, 15) is 8.42 Å². The van der Waals surface area contributed by atoms with Gasteiger partial charge in [0.05, 0.1) is 32.3 Å². The third kappa shape index (κ3) is 5.02. The molecule has 1 aliphatic heterocycles. The summed E-state index contributed by atoms with van der Waals surface area (Å²) in [6, 6.07) is 12.5. The third-order valence-corrected chi connectivity index (χ3v) is 6.28. The zero-order chi connectivity index (χ0) is 20.0. The molecule has 1 aliphatic rings. The Labute approximate surface area is 166 Å². The molecule has 7 nitrogen and oxygen atoms in total. The number of nitrogens with one attached hydrogen (secondary N) is 2. The number of rotatable bonds is 8. The lowest BCUT2D eigenvalue weighted by Crippen LogP contribution is -3.12. The van der Waals surface area contributed by atoms with Gasteiger partial charge in [-0.15, -0.1) is 0 Å². The maximum atomic E-state index is 12.7. The standard InChI is InChI=1S/C20H26N2O5S/c1-25-19-8-7-18(13-20(19)26-2)28(23,24)21-14-16-5-3-4-6-17(16)15-22-9-11-27-12-10-22/h3-8,13,21H,9-12,14-15H2,1-2H3/p+1. The molecule has 152 valence electrons. The number of methoxy groups -OCH3 is 2. The van der Waals surface area contributed by atoms with Crippen molar-refractivity contribution in [2.45, 2.75) is 18.0 Å². The van der Waals surface area contributed by atoms with Gasteiger partial charge in [0.2, 0.25) is 10.0 Å². The fourth-order valence-electron chi connectivity index (χ4n) is 3.25. The van der Waals surface area contributed by atoms with Crippen LogP contribution in [-0.4, -0.2) is 48.9 Å². The number of benzene rings is 2. The molecule has 0 amide bonds. The maximum Gasteiger partial charge on any atom is 0.241 e. The molecule has 2 aromatic carbocycles. The van der Waals surface area contributed by atoms with Crippen molar-refractivity contribution in [2.24, 2.45) is 0 Å². The van der Waals surface area contributed by atoms with E-state index in [1.54, 1.807) is 6.07 Å². The highest BCUT2D eigenvalue weighted by Gasteiger charge is 2.19. The molecule has 2 aromatic rings. The minimum absolute atomic E-state index is 0.140. The Hall–Kier alpha value is -2.13. The first kappa shape index (κ1) is 20.6. The third-order valence-electron chi connectivity index (χ3n) is 4.88.